The van der Waals surface area contributed by atoms with Crippen LogP contribution in [0.3, 0.4) is 0 Å². The van der Waals surface area contributed by atoms with Crippen LogP contribution in [0.25, 0.3) is 0 Å². The van der Waals surface area contributed by atoms with Gasteiger partial charge in [0.25, 0.3) is 0 Å². The van der Waals surface area contributed by atoms with E-state index in [-0.39, 0.29) is 35.3 Å². The van der Waals surface area contributed by atoms with Crippen molar-refractivity contribution in [3.63, 3.8) is 0 Å². The molecule has 0 saturated heterocycles. The van der Waals surface area contributed by atoms with Gasteiger partial charge >= 0.3 is 12.1 Å². The van der Waals surface area contributed by atoms with Crippen molar-refractivity contribution in [1.29, 1.82) is 0 Å². The van der Waals surface area contributed by atoms with E-state index in [2.05, 4.69) is 10.3 Å². The zero-order valence-electron chi connectivity index (χ0n) is 14.7. The Morgan fingerprint density at radius 2 is 2.00 bits per heavy atom. The van der Waals surface area contributed by atoms with Crippen LogP contribution in [0.4, 0.5) is 9.93 Å². The molecule has 0 saturated carbocycles. The molecule has 1 rings (SSSR count). The van der Waals surface area contributed by atoms with Crippen LogP contribution in [-0.4, -0.2) is 52.1 Å². The summed E-state index contributed by atoms with van der Waals surface area (Å²) < 4.78 is 9.92. The van der Waals surface area contributed by atoms with Gasteiger partial charge in [0.1, 0.15) is 11.7 Å². The van der Waals surface area contributed by atoms with E-state index in [1.54, 1.807) is 27.7 Å². The number of ether oxygens (including phenoxy) is 2. The fourth-order valence-corrected chi connectivity index (χ4v) is 2.73. The molecule has 0 bridgehead atoms. The second kappa shape index (κ2) is 8.97. The topological polar surface area (TPSA) is 144 Å². The Kier molecular flexibility index (Phi) is 7.59. The lowest BCUT2D eigenvalue weighted by molar-refractivity contribution is 0.0129. The largest absolute Gasteiger partial charge is 0.461 e. The summed E-state index contributed by atoms with van der Waals surface area (Å²) in [5, 5.41) is 22.9. The number of nitrogens with two attached hydrogens (primary N) is 1. The number of rotatable bonds is 7. The van der Waals surface area contributed by atoms with E-state index in [1.807, 2.05) is 0 Å². The molecule has 1 amide bonds. The van der Waals surface area contributed by atoms with Gasteiger partial charge in [-0.15, -0.1) is 0 Å². The average Bonchev–Trinajstić information content (AvgIpc) is 2.86. The van der Waals surface area contributed by atoms with Crippen molar-refractivity contribution in [2.75, 3.05) is 18.9 Å². The van der Waals surface area contributed by atoms with Crippen molar-refractivity contribution >= 4 is 28.5 Å². The minimum atomic E-state index is -1.38. The third kappa shape index (κ3) is 6.85. The molecule has 5 N–H and O–H groups in total. The highest BCUT2D eigenvalue weighted by molar-refractivity contribution is 7.15. The van der Waals surface area contributed by atoms with E-state index in [0.717, 1.165) is 11.3 Å². The number of hydrogen-bond acceptors (Lipinski definition) is 9. The van der Waals surface area contributed by atoms with E-state index >= 15 is 0 Å². The number of thiazole rings is 1. The van der Waals surface area contributed by atoms with E-state index in [4.69, 9.17) is 15.2 Å². The van der Waals surface area contributed by atoms with Crippen LogP contribution < -0.4 is 11.1 Å². The van der Waals surface area contributed by atoms with Crippen LogP contribution in [0.5, 0.6) is 0 Å². The number of carbonyl (C=O) groups excluding carboxylic acids is 2. The van der Waals surface area contributed by atoms with Gasteiger partial charge in [0.15, 0.2) is 10.8 Å². The number of hydrogen-bond donors (Lipinski definition) is 4. The molecule has 10 heteroatoms. The summed E-state index contributed by atoms with van der Waals surface area (Å²) >= 11 is 0.896. The number of carbonyl (C=O) groups is 2. The Labute approximate surface area is 150 Å². The highest BCUT2D eigenvalue weighted by atomic mass is 32.1. The minimum absolute atomic E-state index is 0.0421. The maximum Gasteiger partial charge on any atom is 0.407 e. The predicted octanol–water partition coefficient (Wildman–Crippen LogP) is 1.21. The van der Waals surface area contributed by atoms with Crippen molar-refractivity contribution in [1.82, 2.24) is 10.3 Å². The average molecular weight is 375 g/mol. The van der Waals surface area contributed by atoms with E-state index < -0.39 is 29.9 Å². The van der Waals surface area contributed by atoms with Gasteiger partial charge in [-0.25, -0.2) is 14.6 Å². The highest BCUT2D eigenvalue weighted by Gasteiger charge is 2.28. The summed E-state index contributed by atoms with van der Waals surface area (Å²) in [6, 6.07) is 0. The number of aliphatic hydroxyl groups is 2. The molecule has 0 aliphatic rings. The molecule has 1 aromatic heterocycles. The Balaban J connectivity index is 2.63. The molecule has 2 unspecified atom stereocenters. The Hall–Kier alpha value is -1.91. The van der Waals surface area contributed by atoms with Gasteiger partial charge in [-0.2, -0.15) is 0 Å². The molecule has 0 spiro atoms. The molecule has 1 heterocycles. The van der Waals surface area contributed by atoms with E-state index in [1.165, 1.54) is 0 Å². The number of anilines is 1. The van der Waals surface area contributed by atoms with Crippen LogP contribution in [0.15, 0.2) is 0 Å². The number of esters is 1. The van der Waals surface area contributed by atoms with Crippen LogP contribution >= 0.6 is 11.3 Å². The zero-order valence-corrected chi connectivity index (χ0v) is 15.6. The first-order valence-electron chi connectivity index (χ1n) is 7.81. The molecular formula is C15H25N3O6S. The molecule has 9 nitrogen and oxygen atoms in total. The predicted molar refractivity (Wildman–Crippen MR) is 92.3 cm³/mol. The van der Waals surface area contributed by atoms with Gasteiger partial charge in [0, 0.05) is 6.54 Å². The smallest absolute Gasteiger partial charge is 0.407 e. The first-order chi connectivity index (χ1) is 11.5. The standard InChI is InChI=1S/C15H25N3O6S/c1-5-23-12(21)9-11(25-13(16)18-9)10(20)8(19)6-7-17-14(22)24-15(2,3)4/h8,10,19-20H,5-7H2,1-4H3,(H2,16,18)(H,17,22). The lowest BCUT2D eigenvalue weighted by Crippen LogP contribution is -2.34. The third-order valence-electron chi connectivity index (χ3n) is 2.88. The number of aromatic nitrogens is 1. The molecule has 0 fully saturated rings. The molecule has 0 aliphatic carbocycles. The van der Waals surface area contributed by atoms with Gasteiger partial charge < -0.3 is 30.7 Å². The number of nitrogen functional groups attached to an aromatic ring is 1. The first-order valence-corrected chi connectivity index (χ1v) is 8.63. The number of nitrogens with zero attached hydrogens (tertiary/aromatic N) is 1. The van der Waals surface area contributed by atoms with Crippen molar-refractivity contribution < 1.29 is 29.3 Å². The Morgan fingerprint density at radius 3 is 2.56 bits per heavy atom. The van der Waals surface area contributed by atoms with Crippen LogP contribution in [-0.2, 0) is 9.47 Å². The summed E-state index contributed by atoms with van der Waals surface area (Å²) in [5.41, 5.74) is 4.84. The Morgan fingerprint density at radius 1 is 1.36 bits per heavy atom. The number of amides is 1. The second-order valence-corrected chi connectivity index (χ2v) is 7.28. The monoisotopic (exact) mass is 375 g/mol. The maximum atomic E-state index is 11.8. The molecule has 142 valence electrons. The van der Waals surface area contributed by atoms with Gasteiger partial charge in [0.05, 0.1) is 17.6 Å². The van der Waals surface area contributed by atoms with Crippen molar-refractivity contribution in [2.45, 2.75) is 51.9 Å². The van der Waals surface area contributed by atoms with Crippen molar-refractivity contribution in [2.24, 2.45) is 0 Å². The summed E-state index contributed by atoms with van der Waals surface area (Å²) in [5.74, 6) is -0.719. The molecule has 1 aromatic rings. The van der Waals surface area contributed by atoms with E-state index in [9.17, 15) is 19.8 Å². The zero-order chi connectivity index (χ0) is 19.2. The number of alkyl carbamates (subject to hydrolysis) is 1. The maximum absolute atomic E-state index is 11.8. The normalized spacial score (nSPS) is 13.8. The van der Waals surface area contributed by atoms with Crippen molar-refractivity contribution in [3.05, 3.63) is 10.6 Å². The summed E-state index contributed by atoms with van der Waals surface area (Å²) in [7, 11) is 0. The van der Waals surface area contributed by atoms with Crippen LogP contribution in [0, 0.1) is 0 Å². The number of aliphatic hydroxyl groups excluding tert-OH is 2. The van der Waals surface area contributed by atoms with Gasteiger partial charge in [0.2, 0.25) is 0 Å². The fourth-order valence-electron chi connectivity index (χ4n) is 1.86. The van der Waals surface area contributed by atoms with Crippen molar-refractivity contribution in [3.8, 4) is 0 Å². The second-order valence-electron chi connectivity index (χ2n) is 6.21. The lowest BCUT2D eigenvalue weighted by Gasteiger charge is -2.21. The summed E-state index contributed by atoms with van der Waals surface area (Å²) in [6.45, 7) is 7.06. The molecule has 2 atom stereocenters. The summed E-state index contributed by atoms with van der Waals surface area (Å²) in [6.07, 6.45) is -3.19. The van der Waals surface area contributed by atoms with Gasteiger partial charge in [-0.05, 0) is 34.1 Å². The minimum Gasteiger partial charge on any atom is -0.461 e. The molecular weight excluding hydrogens is 350 g/mol. The van der Waals surface area contributed by atoms with Crippen LogP contribution in [0.2, 0.25) is 0 Å². The molecule has 0 aliphatic heterocycles. The molecule has 0 radical (unpaired) electrons. The van der Waals surface area contributed by atoms with Crippen LogP contribution in [0.1, 0.15) is 55.6 Å². The summed E-state index contributed by atoms with van der Waals surface area (Å²) in [4.78, 5) is 27.3. The molecule has 0 aromatic carbocycles. The highest BCUT2D eigenvalue weighted by Crippen LogP contribution is 2.30. The van der Waals surface area contributed by atoms with Gasteiger partial charge in [-0.1, -0.05) is 11.3 Å². The molecule has 25 heavy (non-hydrogen) atoms. The van der Waals surface area contributed by atoms with E-state index in [0.29, 0.717) is 0 Å². The quantitative estimate of drug-likeness (QED) is 0.521. The number of nitrogens with one attached hydrogen (secondary N) is 1. The third-order valence-corrected chi connectivity index (χ3v) is 3.84. The SMILES string of the molecule is CCOC(=O)c1nc(N)sc1C(O)C(O)CCNC(=O)OC(C)(C)C. The van der Waals surface area contributed by atoms with Gasteiger partial charge in [-0.3, -0.25) is 0 Å². The first kappa shape index (κ1) is 21.1. The lowest BCUT2D eigenvalue weighted by atomic mass is 10.1. The Bertz CT molecular complexity index is 599. The fraction of sp³-hybridized carbons (Fsp3) is 0.667.